The van der Waals surface area contributed by atoms with Gasteiger partial charge in [-0.1, -0.05) is 0 Å². The van der Waals surface area contributed by atoms with Gasteiger partial charge in [0.25, 0.3) is 0 Å². The van der Waals surface area contributed by atoms with Crippen LogP contribution < -0.4 is 21.3 Å². The van der Waals surface area contributed by atoms with E-state index in [2.05, 4.69) is 84.9 Å². The molecule has 7 nitrogen and oxygen atoms in total. The van der Waals surface area contributed by atoms with E-state index in [1.807, 2.05) is 14.1 Å². The molecule has 0 atom stereocenters. The molecule has 0 saturated carbocycles. The standard InChI is InChI=1S/C8H22N4.3BHNS/c1-9-3-5-11-7-8-12-6-4-10-2;3*1-2-3/h9-12H,3-8H2,1-2H3;3*3H/i/hD2. The molecule has 0 bridgehead atoms. The molecule has 0 heterocycles. The summed E-state index contributed by atoms with van der Waals surface area (Å²) in [5, 5.41) is 8.94. The molecule has 0 aliphatic heterocycles. The van der Waals surface area contributed by atoms with Crippen LogP contribution in [0, 0.1) is 0 Å². The van der Waals surface area contributed by atoms with Crippen molar-refractivity contribution >= 4 is 61.4 Å². The average molecular weight is 350 g/mol. The molecule has 0 aromatic heterocycles. The fourth-order valence-electron chi connectivity index (χ4n) is 0.747. The Kier molecular flexibility index (Phi) is 48.4. The first-order valence-electron chi connectivity index (χ1n) is 6.74. The van der Waals surface area contributed by atoms with E-state index < -0.39 is 0 Å². The van der Waals surface area contributed by atoms with Crippen molar-refractivity contribution < 1.29 is 2.82 Å². The zero-order valence-corrected chi connectivity index (χ0v) is 15.2. The number of hydrogen-bond donors (Lipinski definition) is 7. The van der Waals surface area contributed by atoms with Gasteiger partial charge in [0.05, 0.1) is 0 Å². The number of thiol groups is 3. The monoisotopic (exact) mass is 350 g/mol. The van der Waals surface area contributed by atoms with Gasteiger partial charge in [-0.2, -0.15) is 0 Å². The third-order valence-corrected chi connectivity index (χ3v) is 1.46. The second kappa shape index (κ2) is 42.8. The molecule has 0 unspecified atom stereocenters. The molecule has 0 amide bonds. The summed E-state index contributed by atoms with van der Waals surface area (Å²) in [4.78, 5) is 0. The first kappa shape index (κ1) is 23.7. The molecule has 0 aromatic rings. The number of nitrogens with zero attached hydrogens (tertiary/aromatic N) is 3. The zero-order valence-electron chi connectivity index (χ0n) is 14.6. The van der Waals surface area contributed by atoms with Crippen LogP contribution in [0.1, 0.15) is 0 Å². The summed E-state index contributed by atoms with van der Waals surface area (Å²) in [7, 11) is 16.8. The number of hydrogen-bond acceptors (Lipinski definition) is 10. The molecule has 0 fully saturated rings. The Morgan fingerprint density at radius 3 is 1.10 bits per heavy atom. The Morgan fingerprint density at radius 1 is 0.714 bits per heavy atom. The molecule has 0 aliphatic rings. The molecule has 0 aromatic carbocycles. The maximum absolute atomic E-state index is 7.51. The van der Waals surface area contributed by atoms with E-state index in [1.54, 1.807) is 0 Å². The van der Waals surface area contributed by atoms with Crippen molar-refractivity contribution in [3.63, 3.8) is 0 Å². The van der Waals surface area contributed by atoms with Crippen molar-refractivity contribution in [3.05, 3.63) is 0 Å². The molecule has 0 saturated heterocycles. The molecule has 0 spiro atoms. The minimum atomic E-state index is 0.620. The maximum atomic E-state index is 7.51. The van der Waals surface area contributed by atoms with Crippen LogP contribution in [0.25, 0.3) is 0 Å². The van der Waals surface area contributed by atoms with Gasteiger partial charge < -0.3 is 21.3 Å². The fraction of sp³-hybridized carbons (Fsp3) is 1.00. The summed E-state index contributed by atoms with van der Waals surface area (Å²) < 4.78 is 23.1. The van der Waals surface area contributed by atoms with E-state index in [0.29, 0.717) is 26.2 Å². The van der Waals surface area contributed by atoms with Gasteiger partial charge in [0, 0.05) is 39.3 Å². The van der Waals surface area contributed by atoms with Crippen molar-refractivity contribution in [1.82, 2.24) is 21.3 Å². The van der Waals surface area contributed by atoms with Crippen LogP contribution in [0.3, 0.4) is 0 Å². The second-order valence-corrected chi connectivity index (χ2v) is 3.59. The predicted octanol–water partition coefficient (Wildman–Crippen LogP) is -0.846. The quantitative estimate of drug-likeness (QED) is 0.218. The molecule has 3 radical (unpaired) electrons. The molecule has 0 aliphatic carbocycles. The van der Waals surface area contributed by atoms with Gasteiger partial charge in [0.15, 0.2) is 0 Å². The summed E-state index contributed by atoms with van der Waals surface area (Å²) in [6.45, 7) is 4.28. The van der Waals surface area contributed by atoms with E-state index in [-0.39, 0.29) is 0 Å². The van der Waals surface area contributed by atoms with Crippen molar-refractivity contribution in [2.75, 3.05) is 53.4 Å². The normalized spacial score (nSPS) is 9.52. The predicted molar refractivity (Wildman–Crippen MR) is 105 cm³/mol. The van der Waals surface area contributed by atoms with Crippen molar-refractivity contribution in [2.24, 2.45) is 12.9 Å². The zero-order chi connectivity index (χ0) is 18.9. The third-order valence-electron chi connectivity index (χ3n) is 1.46. The van der Waals surface area contributed by atoms with Gasteiger partial charge >= 0.3 is 74.3 Å². The topological polar surface area (TPSA) is 85.2 Å². The first-order chi connectivity index (χ1) is 10.9. The number of nitrogens with one attached hydrogen (secondary N) is 4. The van der Waals surface area contributed by atoms with Gasteiger partial charge in [-0.15, -0.1) is 0 Å². The Labute approximate surface area is 151 Å². The Balaban J connectivity index is -0.000000166. The van der Waals surface area contributed by atoms with Crippen LogP contribution in [0.4, 0.5) is 0 Å². The Hall–Kier alpha value is 0.485. The van der Waals surface area contributed by atoms with E-state index in [1.165, 1.54) is 10.6 Å². The average Bonchev–Trinajstić information content (AvgIpc) is 2.51. The summed E-state index contributed by atoms with van der Waals surface area (Å²) in [6.07, 6.45) is 0. The van der Waals surface area contributed by atoms with E-state index >= 15 is 0 Å². The Bertz CT molecular complexity index is 223. The fourth-order valence-corrected chi connectivity index (χ4v) is 0.747. The summed E-state index contributed by atoms with van der Waals surface area (Å²) in [6, 6.07) is 0. The second-order valence-electron chi connectivity index (χ2n) is 2.90. The van der Waals surface area contributed by atoms with Crippen molar-refractivity contribution in [3.8, 4) is 0 Å². The van der Waals surface area contributed by atoms with Gasteiger partial charge in [-0.05, 0) is 14.1 Å². The van der Waals surface area contributed by atoms with Crippen molar-refractivity contribution in [2.45, 2.75) is 0 Å². The van der Waals surface area contributed by atoms with Crippen LogP contribution in [-0.2, 0) is 0 Å². The van der Waals surface area contributed by atoms with Crippen LogP contribution >= 0.6 is 38.4 Å². The first-order valence-corrected chi connectivity index (χ1v) is 7.05. The molecule has 21 heavy (non-hydrogen) atoms. The SMILES string of the molecule is [2H]N(CCNC)CCN([2H])CCNC.[B]=NS.[B]=NS.[B]=NS. The molecule has 4 N–H and O–H groups in total. The third kappa shape index (κ3) is 77.8. The van der Waals surface area contributed by atoms with E-state index in [9.17, 15) is 0 Å². The summed E-state index contributed by atoms with van der Waals surface area (Å²) >= 11 is 9.57. The van der Waals surface area contributed by atoms with Gasteiger partial charge in [-0.25, -0.2) is 0 Å². The van der Waals surface area contributed by atoms with Crippen LogP contribution in [0.15, 0.2) is 12.9 Å². The van der Waals surface area contributed by atoms with Gasteiger partial charge in [0.1, 0.15) is 2.82 Å². The molecule has 0 rings (SSSR count). The van der Waals surface area contributed by atoms with E-state index in [4.69, 9.17) is 2.82 Å². The number of likely N-dealkylation sites (N-methyl/N-ethyl adjacent to an activating group) is 2. The van der Waals surface area contributed by atoms with Gasteiger partial charge in [0.2, 0.25) is 0 Å². The Morgan fingerprint density at radius 2 is 0.905 bits per heavy atom. The molecular formula is C8H25B3N7S3. The molecule has 119 valence electrons. The van der Waals surface area contributed by atoms with Gasteiger partial charge in [-0.3, -0.25) is 0 Å². The summed E-state index contributed by atoms with van der Waals surface area (Å²) in [5.74, 6) is 0. The number of rotatable bonds is 9. The van der Waals surface area contributed by atoms with Crippen molar-refractivity contribution in [1.29, 1.82) is 0 Å². The summed E-state index contributed by atoms with van der Waals surface area (Å²) in [5.41, 5.74) is 0. The van der Waals surface area contributed by atoms with Crippen LogP contribution in [0.2, 0.25) is 2.82 Å². The van der Waals surface area contributed by atoms with E-state index in [0.717, 1.165) is 13.1 Å². The molecule has 13 heteroatoms. The minimum absolute atomic E-state index is 0.620. The van der Waals surface area contributed by atoms with Crippen LogP contribution in [-0.4, -0.2) is 76.3 Å². The van der Waals surface area contributed by atoms with Crippen LogP contribution in [0.5, 0.6) is 0 Å². The molecular weight excluding hydrogens is 323 g/mol.